The van der Waals surface area contributed by atoms with Crippen LogP contribution in [0.5, 0.6) is 0 Å². The molecule has 5 heteroatoms. The second-order valence-electron chi connectivity index (χ2n) is 3.79. The molecule has 0 aliphatic carbocycles. The minimum atomic E-state index is 0.0863. The van der Waals surface area contributed by atoms with Gasteiger partial charge in [0, 0.05) is 11.3 Å². The maximum Gasteiger partial charge on any atom is 0.173 e. The van der Waals surface area contributed by atoms with Crippen LogP contribution in [-0.4, -0.2) is 21.5 Å². The second-order valence-corrected chi connectivity index (χ2v) is 5.17. The molecule has 0 unspecified atom stereocenters. The van der Waals surface area contributed by atoms with Gasteiger partial charge in [-0.2, -0.15) is 0 Å². The van der Waals surface area contributed by atoms with Gasteiger partial charge in [0.25, 0.3) is 0 Å². The minimum Gasteiger partial charge on any atom is -0.338 e. The molecular formula is C13H12N2OS2. The van der Waals surface area contributed by atoms with E-state index < -0.39 is 0 Å². The molecule has 3 nitrogen and oxygen atoms in total. The number of carbonyl (C=O) groups is 1. The number of Topliss-reactive ketones (excluding diaryl/α,β-unsaturated/α-hetero) is 1. The molecule has 0 saturated heterocycles. The summed E-state index contributed by atoms with van der Waals surface area (Å²) < 4.78 is 0.543. The Morgan fingerprint density at radius 3 is 2.78 bits per heavy atom. The number of ketones is 1. The quantitative estimate of drug-likeness (QED) is 0.402. The maximum absolute atomic E-state index is 11.9. The molecule has 0 saturated carbocycles. The minimum absolute atomic E-state index is 0.0863. The Hall–Kier alpha value is -1.46. The van der Waals surface area contributed by atoms with Gasteiger partial charge in [0.05, 0.1) is 5.75 Å². The van der Waals surface area contributed by atoms with Crippen LogP contribution in [0.25, 0.3) is 0 Å². The number of carbonyl (C=O) groups excluding carboxylic acids is 1. The summed E-state index contributed by atoms with van der Waals surface area (Å²) in [5.74, 6) is 0.439. The zero-order valence-corrected chi connectivity index (χ0v) is 11.5. The highest BCUT2D eigenvalue weighted by molar-refractivity contribution is 7.99. The van der Waals surface area contributed by atoms with E-state index in [1.165, 1.54) is 11.8 Å². The lowest BCUT2D eigenvalue weighted by Gasteiger charge is -2.02. The number of hydrogen-bond donors (Lipinski definition) is 1. The van der Waals surface area contributed by atoms with Gasteiger partial charge in [-0.1, -0.05) is 54.3 Å². The predicted octanol–water partition coefficient (Wildman–Crippen LogP) is 3.42. The van der Waals surface area contributed by atoms with Crippen molar-refractivity contribution in [1.82, 2.24) is 9.97 Å². The number of H-pyrrole nitrogens is 1. The first-order chi connectivity index (χ1) is 8.65. The Morgan fingerprint density at radius 1 is 1.39 bits per heavy atom. The molecule has 0 bridgehead atoms. The highest BCUT2D eigenvalue weighted by Gasteiger charge is 2.07. The molecule has 18 heavy (non-hydrogen) atoms. The molecule has 1 aromatic heterocycles. The molecule has 0 amide bonds. The van der Waals surface area contributed by atoms with Crippen LogP contribution < -0.4 is 0 Å². The number of aromatic amines is 1. The second kappa shape index (κ2) is 5.93. The van der Waals surface area contributed by atoms with Crippen LogP contribution in [0.3, 0.4) is 0 Å². The molecule has 1 N–H and O–H groups in total. The fourth-order valence-corrected chi connectivity index (χ4v) is 2.62. The van der Waals surface area contributed by atoms with Crippen LogP contribution >= 0.6 is 24.0 Å². The Labute approximate surface area is 115 Å². The summed E-state index contributed by atoms with van der Waals surface area (Å²) in [5.41, 5.74) is 1.67. The first kappa shape index (κ1) is 13.0. The van der Waals surface area contributed by atoms with E-state index in [-0.39, 0.29) is 5.78 Å². The number of aromatic nitrogens is 2. The van der Waals surface area contributed by atoms with Crippen molar-refractivity contribution in [2.24, 2.45) is 0 Å². The molecule has 0 fully saturated rings. The lowest BCUT2D eigenvalue weighted by Crippen LogP contribution is -2.03. The van der Waals surface area contributed by atoms with Crippen molar-refractivity contribution in [2.45, 2.75) is 12.1 Å². The first-order valence-corrected chi connectivity index (χ1v) is 6.83. The molecule has 0 aliphatic rings. The fraction of sp³-hybridized carbons (Fsp3) is 0.154. The molecule has 0 radical (unpaired) electrons. The van der Waals surface area contributed by atoms with Gasteiger partial charge in [0.1, 0.15) is 4.64 Å². The molecule has 1 heterocycles. The van der Waals surface area contributed by atoms with Crippen LogP contribution in [0, 0.1) is 11.6 Å². The topological polar surface area (TPSA) is 45.8 Å². The Balaban J connectivity index is 2.04. The van der Waals surface area contributed by atoms with Crippen molar-refractivity contribution < 1.29 is 4.79 Å². The molecule has 1 aromatic carbocycles. The van der Waals surface area contributed by atoms with Crippen molar-refractivity contribution in [3.05, 3.63) is 52.3 Å². The molecule has 0 atom stereocenters. The molecule has 2 rings (SSSR count). The van der Waals surface area contributed by atoms with E-state index in [1.807, 2.05) is 37.3 Å². The van der Waals surface area contributed by atoms with Gasteiger partial charge in [-0.05, 0) is 13.0 Å². The van der Waals surface area contributed by atoms with E-state index in [0.717, 1.165) is 11.3 Å². The number of hydrogen-bond acceptors (Lipinski definition) is 4. The van der Waals surface area contributed by atoms with Crippen LogP contribution in [0.1, 0.15) is 16.1 Å². The van der Waals surface area contributed by atoms with Crippen LogP contribution in [0.15, 0.2) is 41.6 Å². The number of aryl methyl sites for hydroxylation is 1. The summed E-state index contributed by atoms with van der Waals surface area (Å²) in [6.07, 6.45) is 0. The maximum atomic E-state index is 11.9. The number of benzene rings is 1. The summed E-state index contributed by atoms with van der Waals surface area (Å²) in [5, 5.41) is 0.685. The van der Waals surface area contributed by atoms with Gasteiger partial charge in [-0.25, -0.2) is 4.98 Å². The molecule has 92 valence electrons. The zero-order chi connectivity index (χ0) is 13.0. The molecule has 0 spiro atoms. The van der Waals surface area contributed by atoms with Gasteiger partial charge in [-0.3, -0.25) is 4.79 Å². The summed E-state index contributed by atoms with van der Waals surface area (Å²) in [7, 11) is 0. The van der Waals surface area contributed by atoms with E-state index in [2.05, 4.69) is 9.97 Å². The normalized spacial score (nSPS) is 10.3. The Morgan fingerprint density at radius 2 is 2.11 bits per heavy atom. The SMILES string of the molecule is Cc1cc(=S)nc(SCC(=O)c2ccccc2)[nH]1. The monoisotopic (exact) mass is 276 g/mol. The standard InChI is InChI=1S/C13H12N2OS2/c1-9-7-12(17)15-13(14-9)18-8-11(16)10-5-3-2-4-6-10/h2-7H,8H2,1H3,(H,14,15,17). The summed E-state index contributed by atoms with van der Waals surface area (Å²) in [6, 6.07) is 11.0. The molecular weight excluding hydrogens is 264 g/mol. The van der Waals surface area contributed by atoms with Gasteiger partial charge in [0.15, 0.2) is 10.9 Å². The number of nitrogens with zero attached hydrogens (tertiary/aromatic N) is 1. The first-order valence-electron chi connectivity index (χ1n) is 5.44. The van der Waals surface area contributed by atoms with Crippen LogP contribution in [0.2, 0.25) is 0 Å². The molecule has 0 aliphatic heterocycles. The number of nitrogens with one attached hydrogen (secondary N) is 1. The van der Waals surface area contributed by atoms with E-state index in [0.29, 0.717) is 15.5 Å². The van der Waals surface area contributed by atoms with Gasteiger partial charge in [-0.15, -0.1) is 0 Å². The van der Waals surface area contributed by atoms with Gasteiger partial charge < -0.3 is 4.98 Å². The van der Waals surface area contributed by atoms with E-state index in [9.17, 15) is 4.79 Å². The third kappa shape index (κ3) is 3.51. The average Bonchev–Trinajstić information content (AvgIpc) is 2.36. The predicted molar refractivity (Wildman–Crippen MR) is 75.7 cm³/mol. The number of thioether (sulfide) groups is 1. The largest absolute Gasteiger partial charge is 0.338 e. The lowest BCUT2D eigenvalue weighted by atomic mass is 10.2. The van der Waals surface area contributed by atoms with Crippen molar-refractivity contribution >= 4 is 29.8 Å². The highest BCUT2D eigenvalue weighted by Crippen LogP contribution is 2.15. The summed E-state index contributed by atoms with van der Waals surface area (Å²) in [6.45, 7) is 1.92. The van der Waals surface area contributed by atoms with Gasteiger partial charge in [0.2, 0.25) is 0 Å². The third-order valence-electron chi connectivity index (χ3n) is 2.29. The van der Waals surface area contributed by atoms with E-state index in [4.69, 9.17) is 12.2 Å². The van der Waals surface area contributed by atoms with Gasteiger partial charge >= 0.3 is 0 Å². The summed E-state index contributed by atoms with van der Waals surface area (Å²) >= 11 is 6.40. The van der Waals surface area contributed by atoms with Crippen LogP contribution in [-0.2, 0) is 0 Å². The Kier molecular flexibility index (Phi) is 4.28. The van der Waals surface area contributed by atoms with Crippen molar-refractivity contribution in [2.75, 3.05) is 5.75 Å². The average molecular weight is 276 g/mol. The Bertz CT molecular complexity index is 608. The van der Waals surface area contributed by atoms with E-state index >= 15 is 0 Å². The highest BCUT2D eigenvalue weighted by atomic mass is 32.2. The van der Waals surface area contributed by atoms with E-state index in [1.54, 1.807) is 6.07 Å². The zero-order valence-electron chi connectivity index (χ0n) is 9.84. The third-order valence-corrected chi connectivity index (χ3v) is 3.37. The molecule has 2 aromatic rings. The van der Waals surface area contributed by atoms with Crippen molar-refractivity contribution in [3.63, 3.8) is 0 Å². The summed E-state index contributed by atoms with van der Waals surface area (Å²) in [4.78, 5) is 19.2. The fourth-order valence-electron chi connectivity index (χ4n) is 1.46. The number of rotatable bonds is 4. The van der Waals surface area contributed by atoms with Crippen LogP contribution in [0.4, 0.5) is 0 Å². The smallest absolute Gasteiger partial charge is 0.173 e. The lowest BCUT2D eigenvalue weighted by molar-refractivity contribution is 0.102. The van der Waals surface area contributed by atoms with Crippen molar-refractivity contribution in [3.8, 4) is 0 Å². The van der Waals surface area contributed by atoms with Crippen molar-refractivity contribution in [1.29, 1.82) is 0 Å².